The number of rotatable bonds is 8. The van der Waals surface area contributed by atoms with Gasteiger partial charge in [0.2, 0.25) is 0 Å². The average Bonchev–Trinajstić information content (AvgIpc) is 2.79. The van der Waals surface area contributed by atoms with Crippen molar-refractivity contribution in [3.63, 3.8) is 0 Å². The summed E-state index contributed by atoms with van der Waals surface area (Å²) >= 11 is 1.72. The largest absolute Gasteiger partial charge is 0.348 e. The highest BCUT2D eigenvalue weighted by atomic mass is 32.1. The molecule has 3 nitrogen and oxygen atoms in total. The molecule has 1 heterocycles. The third-order valence-corrected chi connectivity index (χ3v) is 3.73. The Kier molecular flexibility index (Phi) is 6.52. The van der Waals surface area contributed by atoms with E-state index in [0.717, 1.165) is 23.9 Å². The van der Waals surface area contributed by atoms with Crippen LogP contribution >= 0.6 is 11.3 Å². The van der Waals surface area contributed by atoms with E-state index in [-0.39, 0.29) is 6.04 Å². The summed E-state index contributed by atoms with van der Waals surface area (Å²) in [5.41, 5.74) is 6.87. The van der Waals surface area contributed by atoms with E-state index in [1.165, 1.54) is 25.7 Å². The van der Waals surface area contributed by atoms with Crippen LogP contribution in [0.25, 0.3) is 0 Å². The van der Waals surface area contributed by atoms with Gasteiger partial charge in [0, 0.05) is 24.5 Å². The summed E-state index contributed by atoms with van der Waals surface area (Å²) in [6.07, 6.45) is 4.93. The van der Waals surface area contributed by atoms with Gasteiger partial charge < -0.3 is 10.6 Å². The molecule has 2 N–H and O–H groups in total. The minimum Gasteiger partial charge on any atom is -0.348 e. The maximum atomic E-state index is 5.85. The van der Waals surface area contributed by atoms with Crippen LogP contribution in [0.4, 0.5) is 5.13 Å². The smallest absolute Gasteiger partial charge is 0.185 e. The second-order valence-electron chi connectivity index (χ2n) is 4.54. The first-order valence-electron chi connectivity index (χ1n) is 6.65. The van der Waals surface area contributed by atoms with E-state index in [4.69, 9.17) is 5.73 Å². The Bertz CT molecular complexity index is 301. The minimum atomic E-state index is 0.0409. The van der Waals surface area contributed by atoms with Crippen LogP contribution in [0.15, 0.2) is 5.38 Å². The molecule has 98 valence electrons. The molecule has 0 radical (unpaired) electrons. The summed E-state index contributed by atoms with van der Waals surface area (Å²) in [6, 6.07) is 0.0409. The van der Waals surface area contributed by atoms with Crippen molar-refractivity contribution in [2.45, 2.75) is 52.5 Å². The average molecular weight is 255 g/mol. The normalized spacial score (nSPS) is 12.7. The highest BCUT2D eigenvalue weighted by molar-refractivity contribution is 7.13. The van der Waals surface area contributed by atoms with Crippen molar-refractivity contribution in [2.24, 2.45) is 5.73 Å². The molecule has 0 bridgehead atoms. The fraction of sp³-hybridized carbons (Fsp3) is 0.769. The van der Waals surface area contributed by atoms with Crippen LogP contribution in [-0.2, 0) is 0 Å². The van der Waals surface area contributed by atoms with E-state index in [2.05, 4.69) is 29.1 Å². The van der Waals surface area contributed by atoms with Crippen molar-refractivity contribution in [3.8, 4) is 0 Å². The molecular formula is C13H25N3S. The van der Waals surface area contributed by atoms with Gasteiger partial charge in [0.25, 0.3) is 0 Å². The Balaban J connectivity index is 2.65. The van der Waals surface area contributed by atoms with Gasteiger partial charge in [0.15, 0.2) is 5.13 Å². The highest BCUT2D eigenvalue weighted by Gasteiger charge is 2.11. The third-order valence-electron chi connectivity index (χ3n) is 2.81. The molecule has 4 heteroatoms. The van der Waals surface area contributed by atoms with Gasteiger partial charge in [0.1, 0.15) is 0 Å². The second kappa shape index (κ2) is 7.67. The molecule has 0 spiro atoms. The van der Waals surface area contributed by atoms with E-state index in [0.29, 0.717) is 0 Å². The Morgan fingerprint density at radius 3 is 2.29 bits per heavy atom. The van der Waals surface area contributed by atoms with E-state index in [9.17, 15) is 0 Å². The molecule has 1 rings (SSSR count). The first kappa shape index (κ1) is 14.5. The SMILES string of the molecule is CCCCN(CCCC)c1nc(C(C)N)cs1. The summed E-state index contributed by atoms with van der Waals surface area (Å²) in [5.74, 6) is 0. The quantitative estimate of drug-likeness (QED) is 0.772. The van der Waals surface area contributed by atoms with Gasteiger partial charge in [-0.15, -0.1) is 11.3 Å². The lowest BCUT2D eigenvalue weighted by molar-refractivity contribution is 0.673. The van der Waals surface area contributed by atoms with Gasteiger partial charge in [-0.05, 0) is 19.8 Å². The Morgan fingerprint density at radius 2 is 1.88 bits per heavy atom. The molecule has 0 aromatic carbocycles. The Hall–Kier alpha value is -0.610. The van der Waals surface area contributed by atoms with E-state index >= 15 is 0 Å². The number of unbranched alkanes of at least 4 members (excludes halogenated alkanes) is 2. The molecule has 0 aliphatic carbocycles. The molecule has 0 fully saturated rings. The lowest BCUT2D eigenvalue weighted by atomic mass is 10.3. The number of anilines is 1. The molecule has 0 amide bonds. The number of nitrogens with two attached hydrogens (primary N) is 1. The van der Waals surface area contributed by atoms with E-state index in [1.54, 1.807) is 11.3 Å². The fourth-order valence-corrected chi connectivity index (χ4v) is 2.61. The van der Waals surface area contributed by atoms with Crippen molar-refractivity contribution >= 4 is 16.5 Å². The van der Waals surface area contributed by atoms with Crippen molar-refractivity contribution in [2.75, 3.05) is 18.0 Å². The maximum Gasteiger partial charge on any atom is 0.185 e. The predicted octanol–water partition coefficient (Wildman–Crippen LogP) is 3.57. The number of hydrogen-bond donors (Lipinski definition) is 1. The summed E-state index contributed by atoms with van der Waals surface area (Å²) in [7, 11) is 0. The van der Waals surface area contributed by atoms with Crippen molar-refractivity contribution in [1.82, 2.24) is 4.98 Å². The summed E-state index contributed by atoms with van der Waals surface area (Å²) in [4.78, 5) is 7.04. The minimum absolute atomic E-state index is 0.0409. The van der Waals surface area contributed by atoms with Crippen LogP contribution in [0, 0.1) is 0 Å². The molecule has 1 unspecified atom stereocenters. The molecule has 1 aromatic rings. The zero-order chi connectivity index (χ0) is 12.7. The van der Waals surface area contributed by atoms with Crippen LogP contribution in [0.5, 0.6) is 0 Å². The Labute approximate surface area is 109 Å². The summed E-state index contributed by atoms with van der Waals surface area (Å²) < 4.78 is 0. The molecule has 1 atom stereocenters. The molecule has 1 aromatic heterocycles. The third kappa shape index (κ3) is 4.64. The van der Waals surface area contributed by atoms with Gasteiger partial charge in [-0.25, -0.2) is 4.98 Å². The topological polar surface area (TPSA) is 42.2 Å². The summed E-state index contributed by atoms with van der Waals surface area (Å²) in [6.45, 7) is 8.67. The van der Waals surface area contributed by atoms with Crippen LogP contribution < -0.4 is 10.6 Å². The number of hydrogen-bond acceptors (Lipinski definition) is 4. The summed E-state index contributed by atoms with van der Waals surface area (Å²) in [5, 5.41) is 3.23. The first-order valence-corrected chi connectivity index (χ1v) is 7.53. The van der Waals surface area contributed by atoms with Gasteiger partial charge in [-0.2, -0.15) is 0 Å². The molecular weight excluding hydrogens is 230 g/mol. The van der Waals surface area contributed by atoms with Gasteiger partial charge >= 0.3 is 0 Å². The molecule has 17 heavy (non-hydrogen) atoms. The second-order valence-corrected chi connectivity index (χ2v) is 5.37. The van der Waals surface area contributed by atoms with Crippen LogP contribution in [0.3, 0.4) is 0 Å². The van der Waals surface area contributed by atoms with Gasteiger partial charge in [-0.3, -0.25) is 0 Å². The van der Waals surface area contributed by atoms with E-state index in [1.807, 2.05) is 6.92 Å². The van der Waals surface area contributed by atoms with Crippen LogP contribution in [-0.4, -0.2) is 18.1 Å². The van der Waals surface area contributed by atoms with Crippen LogP contribution in [0.2, 0.25) is 0 Å². The maximum absolute atomic E-state index is 5.85. The molecule has 0 aliphatic heterocycles. The lowest BCUT2D eigenvalue weighted by Crippen LogP contribution is -2.25. The van der Waals surface area contributed by atoms with Gasteiger partial charge in [-0.1, -0.05) is 26.7 Å². The van der Waals surface area contributed by atoms with E-state index < -0.39 is 0 Å². The monoisotopic (exact) mass is 255 g/mol. The van der Waals surface area contributed by atoms with Crippen molar-refractivity contribution in [1.29, 1.82) is 0 Å². The molecule has 0 saturated heterocycles. The zero-order valence-electron chi connectivity index (χ0n) is 11.3. The van der Waals surface area contributed by atoms with Crippen LogP contribution in [0.1, 0.15) is 58.2 Å². The Morgan fingerprint density at radius 1 is 1.29 bits per heavy atom. The molecule has 0 saturated carbocycles. The number of aromatic nitrogens is 1. The number of thiazole rings is 1. The highest BCUT2D eigenvalue weighted by Crippen LogP contribution is 2.24. The standard InChI is InChI=1S/C13H25N3S/c1-4-6-8-16(9-7-5-2)13-15-12(10-17-13)11(3)14/h10-11H,4-9,14H2,1-3H3. The number of nitrogens with zero attached hydrogens (tertiary/aromatic N) is 2. The van der Waals surface area contributed by atoms with Gasteiger partial charge in [0.05, 0.1) is 5.69 Å². The van der Waals surface area contributed by atoms with Crippen molar-refractivity contribution in [3.05, 3.63) is 11.1 Å². The fourth-order valence-electron chi connectivity index (χ4n) is 1.63. The first-order chi connectivity index (χ1) is 8.19. The van der Waals surface area contributed by atoms with Crippen molar-refractivity contribution < 1.29 is 0 Å². The zero-order valence-corrected chi connectivity index (χ0v) is 12.1. The lowest BCUT2D eigenvalue weighted by Gasteiger charge is -2.21. The molecule has 0 aliphatic rings. The predicted molar refractivity (Wildman–Crippen MR) is 76.7 cm³/mol.